The molecule has 1 rings (SSSR count). The average Bonchev–Trinajstić information content (AvgIpc) is 2.29. The van der Waals surface area contributed by atoms with Crippen molar-refractivity contribution in [2.45, 2.75) is 25.8 Å². The first-order valence-corrected chi connectivity index (χ1v) is 6.01. The second-order valence-corrected chi connectivity index (χ2v) is 4.47. The van der Waals surface area contributed by atoms with Gasteiger partial charge in [0, 0.05) is 12.2 Å². The van der Waals surface area contributed by atoms with Crippen LogP contribution >= 0.6 is 15.9 Å². The molecular formula is C10H12BrN3O4. The standard InChI is InChI=1S/C10H12BrN3O4/c1-2-6(3-9(15)16)13-10-7(11)4-12-5-8(10)14(17)18/h4-6H,2-3H2,1H3,(H,12,13)(H,15,16). The zero-order chi connectivity index (χ0) is 13.7. The van der Waals surface area contributed by atoms with Gasteiger partial charge in [0.05, 0.1) is 15.8 Å². The van der Waals surface area contributed by atoms with Crippen molar-refractivity contribution in [3.8, 4) is 0 Å². The number of carboxylic acid groups (broad SMARTS) is 1. The Morgan fingerprint density at radius 3 is 2.83 bits per heavy atom. The number of nitrogens with zero attached hydrogens (tertiary/aromatic N) is 2. The fourth-order valence-electron chi connectivity index (χ4n) is 1.42. The van der Waals surface area contributed by atoms with Crippen LogP contribution in [-0.2, 0) is 4.79 Å². The molecule has 1 heterocycles. The van der Waals surface area contributed by atoms with Crippen molar-refractivity contribution in [3.63, 3.8) is 0 Å². The fraction of sp³-hybridized carbons (Fsp3) is 0.400. The van der Waals surface area contributed by atoms with Crippen molar-refractivity contribution in [3.05, 3.63) is 27.0 Å². The summed E-state index contributed by atoms with van der Waals surface area (Å²) in [6, 6.07) is -0.375. The maximum Gasteiger partial charge on any atom is 0.311 e. The summed E-state index contributed by atoms with van der Waals surface area (Å²) in [5.74, 6) is -0.956. The molecule has 0 radical (unpaired) electrons. The lowest BCUT2D eigenvalue weighted by molar-refractivity contribution is -0.384. The van der Waals surface area contributed by atoms with Crippen molar-refractivity contribution < 1.29 is 14.8 Å². The largest absolute Gasteiger partial charge is 0.481 e. The molecule has 0 bridgehead atoms. The Morgan fingerprint density at radius 2 is 2.33 bits per heavy atom. The number of hydrogen-bond acceptors (Lipinski definition) is 5. The molecule has 7 nitrogen and oxygen atoms in total. The van der Waals surface area contributed by atoms with Gasteiger partial charge in [0.2, 0.25) is 0 Å². The molecule has 18 heavy (non-hydrogen) atoms. The summed E-state index contributed by atoms with van der Waals surface area (Å²) in [5.41, 5.74) is 0.0660. The molecule has 1 aromatic heterocycles. The van der Waals surface area contributed by atoms with E-state index < -0.39 is 10.9 Å². The Balaban J connectivity index is 3.01. The maximum absolute atomic E-state index is 10.9. The van der Waals surface area contributed by atoms with Crippen LogP contribution in [0.15, 0.2) is 16.9 Å². The van der Waals surface area contributed by atoms with Gasteiger partial charge in [-0.2, -0.15) is 0 Å². The molecule has 2 N–H and O–H groups in total. The Labute approximate surface area is 112 Å². The van der Waals surface area contributed by atoms with Gasteiger partial charge in [-0.1, -0.05) is 6.92 Å². The Morgan fingerprint density at radius 1 is 1.67 bits per heavy atom. The van der Waals surface area contributed by atoms with Crippen LogP contribution in [0.4, 0.5) is 11.4 Å². The first kappa shape index (κ1) is 14.4. The minimum absolute atomic E-state index is 0.109. The zero-order valence-electron chi connectivity index (χ0n) is 9.59. The number of halogens is 1. The first-order chi connectivity index (χ1) is 8.45. The van der Waals surface area contributed by atoms with Crippen molar-refractivity contribution >= 4 is 33.3 Å². The van der Waals surface area contributed by atoms with Crippen LogP contribution in [0, 0.1) is 10.1 Å². The Hall–Kier alpha value is -1.70. The van der Waals surface area contributed by atoms with E-state index in [-0.39, 0.29) is 23.8 Å². The maximum atomic E-state index is 10.9. The smallest absolute Gasteiger partial charge is 0.311 e. The Kier molecular flexibility index (Phi) is 5.02. The van der Waals surface area contributed by atoms with E-state index >= 15 is 0 Å². The molecule has 1 unspecified atom stereocenters. The van der Waals surface area contributed by atoms with Gasteiger partial charge in [0.15, 0.2) is 0 Å². The molecule has 0 amide bonds. The summed E-state index contributed by atoms with van der Waals surface area (Å²) in [5, 5.41) is 22.5. The quantitative estimate of drug-likeness (QED) is 0.616. The third-order valence-corrected chi connectivity index (χ3v) is 2.94. The molecule has 0 aliphatic heterocycles. The van der Waals surface area contributed by atoms with Crippen LogP contribution in [0.1, 0.15) is 19.8 Å². The molecule has 98 valence electrons. The summed E-state index contributed by atoms with van der Waals surface area (Å²) >= 11 is 3.16. The summed E-state index contributed by atoms with van der Waals surface area (Å²) in [6.45, 7) is 1.81. The van der Waals surface area contributed by atoms with Gasteiger partial charge >= 0.3 is 11.7 Å². The van der Waals surface area contributed by atoms with Crippen LogP contribution in [0.5, 0.6) is 0 Å². The average molecular weight is 318 g/mol. The fourth-order valence-corrected chi connectivity index (χ4v) is 1.85. The van der Waals surface area contributed by atoms with Crippen molar-refractivity contribution in [2.75, 3.05) is 5.32 Å². The van der Waals surface area contributed by atoms with Gasteiger partial charge in [-0.3, -0.25) is 19.9 Å². The number of rotatable bonds is 6. The zero-order valence-corrected chi connectivity index (χ0v) is 11.2. The van der Waals surface area contributed by atoms with Crippen molar-refractivity contribution in [1.29, 1.82) is 0 Å². The molecule has 1 atom stereocenters. The number of nitro groups is 1. The van der Waals surface area contributed by atoms with E-state index in [0.717, 1.165) is 6.20 Å². The highest BCUT2D eigenvalue weighted by atomic mass is 79.9. The topological polar surface area (TPSA) is 105 Å². The molecular weight excluding hydrogens is 306 g/mol. The number of aromatic nitrogens is 1. The molecule has 8 heteroatoms. The van der Waals surface area contributed by atoms with Gasteiger partial charge in [-0.25, -0.2) is 0 Å². The predicted octanol–water partition coefficient (Wildman–Crippen LogP) is 2.42. The number of carboxylic acids is 1. The third-order valence-electron chi connectivity index (χ3n) is 2.34. The van der Waals surface area contributed by atoms with E-state index in [0.29, 0.717) is 10.9 Å². The number of pyridine rings is 1. The molecule has 0 aromatic carbocycles. The molecule has 0 saturated carbocycles. The number of aliphatic carboxylic acids is 1. The molecule has 0 fully saturated rings. The number of carbonyl (C=O) groups is 1. The third kappa shape index (κ3) is 3.66. The van der Waals surface area contributed by atoms with Gasteiger partial charge in [0.25, 0.3) is 0 Å². The van der Waals surface area contributed by atoms with Gasteiger partial charge < -0.3 is 10.4 Å². The summed E-state index contributed by atoms with van der Waals surface area (Å²) in [7, 11) is 0. The first-order valence-electron chi connectivity index (χ1n) is 5.22. The molecule has 0 saturated heterocycles. The van der Waals surface area contributed by atoms with E-state index in [1.54, 1.807) is 0 Å². The number of anilines is 1. The van der Waals surface area contributed by atoms with Gasteiger partial charge in [-0.15, -0.1) is 0 Å². The van der Waals surface area contributed by atoms with Gasteiger partial charge in [0.1, 0.15) is 11.9 Å². The van der Waals surface area contributed by atoms with Crippen LogP contribution in [0.3, 0.4) is 0 Å². The Bertz CT molecular complexity index is 466. The van der Waals surface area contributed by atoms with E-state index in [1.807, 2.05) is 6.92 Å². The molecule has 0 aliphatic rings. The van der Waals surface area contributed by atoms with Crippen LogP contribution < -0.4 is 5.32 Å². The minimum atomic E-state index is -0.956. The molecule has 0 aliphatic carbocycles. The van der Waals surface area contributed by atoms with E-state index in [9.17, 15) is 14.9 Å². The second kappa shape index (κ2) is 6.29. The second-order valence-electron chi connectivity index (χ2n) is 3.62. The minimum Gasteiger partial charge on any atom is -0.481 e. The SMILES string of the molecule is CCC(CC(=O)O)Nc1c(Br)cncc1[N+](=O)[O-]. The molecule has 1 aromatic rings. The summed E-state index contributed by atoms with van der Waals surface area (Å²) in [6.07, 6.45) is 2.98. The van der Waals surface area contributed by atoms with Crippen LogP contribution in [0.25, 0.3) is 0 Å². The van der Waals surface area contributed by atoms with E-state index in [4.69, 9.17) is 5.11 Å². The predicted molar refractivity (Wildman–Crippen MR) is 68.5 cm³/mol. The highest BCUT2D eigenvalue weighted by Crippen LogP contribution is 2.32. The number of nitrogens with one attached hydrogen (secondary N) is 1. The lowest BCUT2D eigenvalue weighted by Gasteiger charge is -2.16. The van der Waals surface area contributed by atoms with Crippen LogP contribution in [-0.4, -0.2) is 27.0 Å². The summed E-state index contributed by atoms with van der Waals surface area (Å²) in [4.78, 5) is 24.7. The highest BCUT2D eigenvalue weighted by molar-refractivity contribution is 9.10. The summed E-state index contributed by atoms with van der Waals surface area (Å²) < 4.78 is 0.431. The van der Waals surface area contributed by atoms with Crippen molar-refractivity contribution in [1.82, 2.24) is 4.98 Å². The van der Waals surface area contributed by atoms with E-state index in [1.165, 1.54) is 6.20 Å². The highest BCUT2D eigenvalue weighted by Gasteiger charge is 2.21. The normalized spacial score (nSPS) is 11.9. The molecule has 0 spiro atoms. The van der Waals surface area contributed by atoms with Crippen LogP contribution in [0.2, 0.25) is 0 Å². The monoisotopic (exact) mass is 317 g/mol. The lowest BCUT2D eigenvalue weighted by Crippen LogP contribution is -2.23. The lowest BCUT2D eigenvalue weighted by atomic mass is 10.1. The number of hydrogen-bond donors (Lipinski definition) is 2. The van der Waals surface area contributed by atoms with Crippen molar-refractivity contribution in [2.24, 2.45) is 0 Å². The van der Waals surface area contributed by atoms with E-state index in [2.05, 4.69) is 26.2 Å². The van der Waals surface area contributed by atoms with Gasteiger partial charge in [-0.05, 0) is 22.4 Å².